The summed E-state index contributed by atoms with van der Waals surface area (Å²) >= 11 is 31.4. The van der Waals surface area contributed by atoms with E-state index in [1.807, 2.05) is 24.3 Å². The third kappa shape index (κ3) is 2.69. The van der Waals surface area contributed by atoms with Crippen LogP contribution in [0, 0.1) is 0 Å². The zero-order valence-corrected chi connectivity index (χ0v) is 16.2. The van der Waals surface area contributed by atoms with Crippen molar-refractivity contribution < 1.29 is 2.10 Å². The Hall–Kier alpha value is 0.960. The van der Waals surface area contributed by atoms with Gasteiger partial charge in [0, 0.05) is 0 Å². The highest BCUT2D eigenvalue weighted by atomic mass is 35.5. The Kier molecular flexibility index (Phi) is 4.06. The fourth-order valence-corrected chi connectivity index (χ4v) is 9.29. The predicted molar refractivity (Wildman–Crippen MR) is 96.6 cm³/mol. The van der Waals surface area contributed by atoms with Gasteiger partial charge in [0.15, 0.2) is 47.8 Å². The number of rotatable bonds is 0. The molecule has 0 radical (unpaired) electrons. The van der Waals surface area contributed by atoms with Gasteiger partial charge < -0.3 is 0 Å². The molecule has 0 aliphatic carbocycles. The molecule has 2 aromatic rings. The first-order chi connectivity index (χ1) is 9.96. The van der Waals surface area contributed by atoms with Gasteiger partial charge in [0.2, 0.25) is 0 Å². The number of hydrogen-bond donors (Lipinski definition) is 0. The molecule has 0 saturated carbocycles. The van der Waals surface area contributed by atoms with Crippen LogP contribution in [-0.2, 0) is 0 Å². The lowest BCUT2D eigenvalue weighted by atomic mass is 10.4. The molecule has 2 aliphatic heterocycles. The van der Waals surface area contributed by atoms with Gasteiger partial charge in [0.05, 0.1) is 39.7 Å². The summed E-state index contributed by atoms with van der Waals surface area (Å²) in [7, 11) is 0. The van der Waals surface area contributed by atoms with Crippen molar-refractivity contribution in [3.63, 3.8) is 0 Å². The summed E-state index contributed by atoms with van der Waals surface area (Å²) in [6.07, 6.45) is 0. The molecule has 2 heterocycles. The summed E-state index contributed by atoms with van der Waals surface area (Å²) in [6, 6.07) is 7.70. The first kappa shape index (κ1) is 15.5. The molecular weight excluding hydrogens is 428 g/mol. The Balaban J connectivity index is 1.71. The zero-order chi connectivity index (χ0) is 14.8. The third-order valence-corrected chi connectivity index (χ3v) is 10.2. The second-order valence-electron chi connectivity index (χ2n) is 4.24. The summed E-state index contributed by atoms with van der Waals surface area (Å²) in [5, 5.41) is 2.34. The monoisotopic (exact) mass is 430 g/mol. The van der Waals surface area contributed by atoms with E-state index in [1.165, 1.54) is 0 Å². The summed E-state index contributed by atoms with van der Waals surface area (Å²) in [6.45, 7) is 0. The van der Waals surface area contributed by atoms with Gasteiger partial charge in [-0.25, -0.2) is 0 Å². The van der Waals surface area contributed by atoms with Crippen molar-refractivity contribution in [1.82, 2.24) is 0 Å². The Labute approximate surface area is 159 Å². The van der Waals surface area contributed by atoms with Crippen LogP contribution in [0.15, 0.2) is 43.8 Å². The second kappa shape index (κ2) is 5.50. The lowest BCUT2D eigenvalue weighted by molar-refractivity contribution is -0.267. The highest BCUT2D eigenvalue weighted by Gasteiger charge is 2.51. The van der Waals surface area contributed by atoms with E-state index in [-0.39, 0.29) is 0 Å². The average molecular weight is 432 g/mol. The van der Waals surface area contributed by atoms with Gasteiger partial charge in [-0.15, -0.1) is 0 Å². The van der Waals surface area contributed by atoms with Gasteiger partial charge in [-0.1, -0.05) is 48.5 Å². The van der Waals surface area contributed by atoms with Crippen molar-refractivity contribution in [3.8, 4) is 0 Å². The molecule has 21 heavy (non-hydrogen) atoms. The maximum Gasteiger partial charge on any atom is 0.153 e. The standard InChI is InChI=1S/C12H4Cl4NS4/c13-5-1-9-10(2-6(5)14)19-17(18-9)20-11-3-7(15)8(16)4-12(11)21-17/h1-4H/q+1. The average Bonchev–Trinajstić information content (AvgIpc) is 2.90. The van der Waals surface area contributed by atoms with Crippen LogP contribution in [0.2, 0.25) is 20.1 Å². The van der Waals surface area contributed by atoms with Gasteiger partial charge in [0.25, 0.3) is 0 Å². The third-order valence-electron chi connectivity index (χ3n) is 2.81. The van der Waals surface area contributed by atoms with E-state index >= 15 is 0 Å². The van der Waals surface area contributed by atoms with Crippen LogP contribution in [0.1, 0.15) is 0 Å². The molecule has 1 spiro atoms. The van der Waals surface area contributed by atoms with Crippen LogP contribution >= 0.6 is 94.2 Å². The lowest BCUT2D eigenvalue weighted by Gasteiger charge is -2.14. The molecule has 0 atom stereocenters. The lowest BCUT2D eigenvalue weighted by Crippen LogP contribution is -2.05. The summed E-state index contributed by atoms with van der Waals surface area (Å²) in [5.41, 5.74) is 0. The molecule has 108 valence electrons. The summed E-state index contributed by atoms with van der Waals surface area (Å²) in [4.78, 5) is 4.55. The summed E-state index contributed by atoms with van der Waals surface area (Å²) in [5.74, 6) is 0. The predicted octanol–water partition coefficient (Wildman–Crippen LogP) is 7.87. The van der Waals surface area contributed by atoms with Crippen molar-refractivity contribution in [2.24, 2.45) is 0 Å². The van der Waals surface area contributed by atoms with E-state index in [0.717, 1.165) is 19.6 Å². The van der Waals surface area contributed by atoms with E-state index in [4.69, 9.17) is 46.4 Å². The van der Waals surface area contributed by atoms with E-state index in [9.17, 15) is 0 Å². The number of quaternary nitrogens is 1. The van der Waals surface area contributed by atoms with Crippen LogP contribution in [0.5, 0.6) is 0 Å². The minimum Gasteiger partial charge on any atom is -0.0827 e. The molecule has 9 heteroatoms. The Morgan fingerprint density at radius 3 is 1.00 bits per heavy atom. The SMILES string of the molecule is Clc1cc2c(cc1Cl)S[N+]1(S2)Sc2cc(Cl)c(Cl)cc2S1. The molecular formula is C12H4Cl4NS4+. The Bertz CT molecular complexity index is 651. The van der Waals surface area contributed by atoms with Gasteiger partial charge in [-0.3, -0.25) is 0 Å². The molecule has 1 nitrogen and oxygen atoms in total. The van der Waals surface area contributed by atoms with E-state index in [2.05, 4.69) is 0 Å². The minimum atomic E-state index is 0.585. The number of nitrogens with zero attached hydrogens (tertiary/aromatic N) is 1. The van der Waals surface area contributed by atoms with E-state index in [1.54, 1.807) is 47.8 Å². The molecule has 0 fully saturated rings. The van der Waals surface area contributed by atoms with Crippen molar-refractivity contribution >= 4 is 94.2 Å². The van der Waals surface area contributed by atoms with Crippen LogP contribution in [0.25, 0.3) is 0 Å². The van der Waals surface area contributed by atoms with Crippen molar-refractivity contribution in [1.29, 1.82) is 0 Å². The van der Waals surface area contributed by atoms with Gasteiger partial charge >= 0.3 is 0 Å². The molecule has 0 N–H and O–H groups in total. The minimum absolute atomic E-state index is 0.585. The fourth-order valence-electron chi connectivity index (χ4n) is 1.90. The molecule has 0 aromatic heterocycles. The Morgan fingerprint density at radius 1 is 0.524 bits per heavy atom. The molecule has 4 rings (SSSR count). The molecule has 0 unspecified atom stereocenters. The van der Waals surface area contributed by atoms with Crippen LogP contribution in [0.3, 0.4) is 0 Å². The van der Waals surface area contributed by atoms with Gasteiger partial charge in [0.1, 0.15) is 0 Å². The largest absolute Gasteiger partial charge is 0.153 e. The number of hydrogen-bond acceptors (Lipinski definition) is 4. The molecule has 0 amide bonds. The number of benzene rings is 2. The first-order valence-electron chi connectivity index (χ1n) is 5.61. The van der Waals surface area contributed by atoms with Crippen LogP contribution in [-0.4, -0.2) is 2.10 Å². The van der Waals surface area contributed by atoms with Crippen molar-refractivity contribution in [2.45, 2.75) is 19.6 Å². The van der Waals surface area contributed by atoms with Crippen molar-refractivity contribution in [2.75, 3.05) is 0 Å². The van der Waals surface area contributed by atoms with Crippen LogP contribution < -0.4 is 0 Å². The maximum absolute atomic E-state index is 6.11. The molecule has 0 saturated heterocycles. The molecule has 0 bridgehead atoms. The topological polar surface area (TPSA) is 0 Å². The van der Waals surface area contributed by atoms with Crippen molar-refractivity contribution in [3.05, 3.63) is 44.4 Å². The fraction of sp³-hybridized carbons (Fsp3) is 0. The normalized spacial score (nSPS) is 18.1. The highest BCUT2D eigenvalue weighted by Crippen LogP contribution is 2.71. The smallest absolute Gasteiger partial charge is 0.0827 e. The van der Waals surface area contributed by atoms with Gasteiger partial charge in [-0.05, 0) is 24.3 Å². The highest BCUT2D eigenvalue weighted by molar-refractivity contribution is 8.31. The summed E-state index contributed by atoms with van der Waals surface area (Å²) < 4.78 is 0.651. The second-order valence-corrected chi connectivity index (χ2v) is 11.9. The molecule has 2 aromatic carbocycles. The number of halogens is 4. The zero-order valence-electron chi connectivity index (χ0n) is 9.90. The first-order valence-corrected chi connectivity index (χ1v) is 10.2. The van der Waals surface area contributed by atoms with Gasteiger partial charge in [-0.2, -0.15) is 0 Å². The van der Waals surface area contributed by atoms with E-state index in [0.29, 0.717) is 22.2 Å². The number of fused-ring (bicyclic) bond motifs is 2. The van der Waals surface area contributed by atoms with E-state index < -0.39 is 0 Å². The maximum atomic E-state index is 6.11. The quantitative estimate of drug-likeness (QED) is 0.307. The van der Waals surface area contributed by atoms with Crippen LogP contribution in [0.4, 0.5) is 0 Å². The Morgan fingerprint density at radius 2 is 0.762 bits per heavy atom. The molecule has 2 aliphatic rings.